The SMILES string of the molecule is COC(=O)C1CC1CN1CCC(c2noc3ccsc23)CC1. The van der Waals surface area contributed by atoms with Gasteiger partial charge in [0.15, 0.2) is 5.58 Å². The molecule has 6 heteroatoms. The molecule has 0 radical (unpaired) electrons. The van der Waals surface area contributed by atoms with Crippen molar-refractivity contribution >= 4 is 27.6 Å². The number of hydrogen-bond acceptors (Lipinski definition) is 6. The van der Waals surface area contributed by atoms with Gasteiger partial charge >= 0.3 is 5.97 Å². The normalized spacial score (nSPS) is 26.4. The number of ether oxygens (including phenoxy) is 1. The van der Waals surface area contributed by atoms with Gasteiger partial charge in [-0.15, -0.1) is 11.3 Å². The molecule has 4 rings (SSSR count). The number of likely N-dealkylation sites (tertiary alicyclic amines) is 1. The van der Waals surface area contributed by atoms with Gasteiger partial charge in [0.25, 0.3) is 0 Å². The van der Waals surface area contributed by atoms with E-state index in [0.717, 1.165) is 50.2 Å². The minimum atomic E-state index is -0.0393. The second-order valence-electron chi connectivity index (χ2n) is 6.38. The number of carbonyl (C=O) groups excluding carboxylic acids is 1. The summed E-state index contributed by atoms with van der Waals surface area (Å²) in [6.45, 7) is 3.18. The molecule has 22 heavy (non-hydrogen) atoms. The summed E-state index contributed by atoms with van der Waals surface area (Å²) in [5.74, 6) is 1.11. The number of thiophene rings is 1. The number of carbonyl (C=O) groups is 1. The van der Waals surface area contributed by atoms with E-state index in [0.29, 0.717) is 11.8 Å². The summed E-state index contributed by atoms with van der Waals surface area (Å²) in [4.78, 5) is 14.0. The number of fused-ring (bicyclic) bond motifs is 1. The maximum atomic E-state index is 11.5. The molecular weight excluding hydrogens is 300 g/mol. The molecule has 1 saturated carbocycles. The average molecular weight is 320 g/mol. The van der Waals surface area contributed by atoms with Crippen molar-refractivity contribution in [3.05, 3.63) is 17.1 Å². The Morgan fingerprint density at radius 1 is 1.50 bits per heavy atom. The van der Waals surface area contributed by atoms with Crippen molar-refractivity contribution in [1.29, 1.82) is 0 Å². The van der Waals surface area contributed by atoms with E-state index in [2.05, 4.69) is 15.4 Å². The van der Waals surface area contributed by atoms with Crippen LogP contribution in [0.4, 0.5) is 0 Å². The zero-order valence-corrected chi connectivity index (χ0v) is 13.5. The maximum Gasteiger partial charge on any atom is 0.308 e. The number of piperidine rings is 1. The van der Waals surface area contributed by atoms with E-state index < -0.39 is 0 Å². The van der Waals surface area contributed by atoms with Crippen LogP contribution < -0.4 is 0 Å². The van der Waals surface area contributed by atoms with Gasteiger partial charge in [0, 0.05) is 12.5 Å². The summed E-state index contributed by atoms with van der Waals surface area (Å²) in [6, 6.07) is 1.99. The summed E-state index contributed by atoms with van der Waals surface area (Å²) in [5, 5.41) is 6.34. The van der Waals surface area contributed by atoms with Crippen molar-refractivity contribution in [3.63, 3.8) is 0 Å². The van der Waals surface area contributed by atoms with Gasteiger partial charge in [0.05, 0.1) is 17.7 Å². The van der Waals surface area contributed by atoms with Crippen LogP contribution in [-0.4, -0.2) is 42.8 Å². The first-order valence-corrected chi connectivity index (χ1v) is 8.77. The summed E-state index contributed by atoms with van der Waals surface area (Å²) in [6.07, 6.45) is 3.23. The molecule has 2 aliphatic rings. The largest absolute Gasteiger partial charge is 0.469 e. The lowest BCUT2D eigenvalue weighted by Gasteiger charge is -2.31. The van der Waals surface area contributed by atoms with Crippen molar-refractivity contribution < 1.29 is 14.1 Å². The van der Waals surface area contributed by atoms with Gasteiger partial charge in [-0.2, -0.15) is 0 Å². The Hall–Kier alpha value is -1.40. The minimum absolute atomic E-state index is 0.0393. The lowest BCUT2D eigenvalue weighted by molar-refractivity contribution is -0.142. The predicted octanol–water partition coefficient (Wildman–Crippen LogP) is 2.88. The molecule has 2 aromatic heterocycles. The highest BCUT2D eigenvalue weighted by Crippen LogP contribution is 2.41. The molecule has 5 nitrogen and oxygen atoms in total. The number of nitrogens with zero attached hydrogens (tertiary/aromatic N) is 2. The molecule has 2 fully saturated rings. The van der Waals surface area contributed by atoms with Crippen molar-refractivity contribution in [3.8, 4) is 0 Å². The minimum Gasteiger partial charge on any atom is -0.469 e. The van der Waals surface area contributed by atoms with Gasteiger partial charge in [-0.3, -0.25) is 4.79 Å². The molecule has 118 valence electrons. The van der Waals surface area contributed by atoms with Crippen molar-refractivity contribution in [2.75, 3.05) is 26.7 Å². The van der Waals surface area contributed by atoms with Gasteiger partial charge in [-0.25, -0.2) is 0 Å². The highest BCUT2D eigenvalue weighted by atomic mass is 32.1. The predicted molar refractivity (Wildman–Crippen MR) is 83.9 cm³/mol. The molecule has 0 bridgehead atoms. The maximum absolute atomic E-state index is 11.5. The van der Waals surface area contributed by atoms with E-state index in [-0.39, 0.29) is 11.9 Å². The third kappa shape index (κ3) is 2.54. The Bertz CT molecular complexity index is 672. The van der Waals surface area contributed by atoms with E-state index in [1.807, 2.05) is 6.07 Å². The van der Waals surface area contributed by atoms with Gasteiger partial charge in [-0.05, 0) is 49.7 Å². The van der Waals surface area contributed by atoms with E-state index in [4.69, 9.17) is 9.26 Å². The molecule has 2 atom stereocenters. The summed E-state index contributed by atoms with van der Waals surface area (Å²) >= 11 is 1.72. The van der Waals surface area contributed by atoms with Crippen LogP contribution >= 0.6 is 11.3 Å². The number of esters is 1. The smallest absolute Gasteiger partial charge is 0.308 e. The van der Waals surface area contributed by atoms with Gasteiger partial charge < -0.3 is 14.2 Å². The van der Waals surface area contributed by atoms with Crippen LogP contribution in [0.15, 0.2) is 16.0 Å². The third-order valence-corrected chi connectivity index (χ3v) is 5.92. The van der Waals surface area contributed by atoms with Crippen LogP contribution in [0.2, 0.25) is 0 Å². The highest BCUT2D eigenvalue weighted by molar-refractivity contribution is 7.17. The molecule has 1 aliphatic carbocycles. The van der Waals surface area contributed by atoms with Crippen LogP contribution in [0.25, 0.3) is 10.3 Å². The quantitative estimate of drug-likeness (QED) is 0.811. The standard InChI is InChI=1S/C16H20N2O3S/c1-20-16(19)12-8-11(12)9-18-5-2-10(3-6-18)14-15-13(21-17-14)4-7-22-15/h4,7,10-12H,2-3,5-6,8-9H2,1H3. The molecule has 1 saturated heterocycles. The zero-order chi connectivity index (χ0) is 15.1. The number of methoxy groups -OCH3 is 1. The molecule has 0 spiro atoms. The van der Waals surface area contributed by atoms with Crippen LogP contribution in [0.5, 0.6) is 0 Å². The molecule has 0 amide bonds. The first-order valence-electron chi connectivity index (χ1n) is 7.89. The summed E-state index contributed by atoms with van der Waals surface area (Å²) in [7, 11) is 1.48. The third-order valence-electron chi connectivity index (χ3n) is 5.00. The topological polar surface area (TPSA) is 55.6 Å². The second kappa shape index (κ2) is 5.66. The fourth-order valence-electron chi connectivity index (χ4n) is 3.57. The average Bonchev–Trinajstić information content (AvgIpc) is 2.96. The zero-order valence-electron chi connectivity index (χ0n) is 12.7. The van der Waals surface area contributed by atoms with Crippen molar-refractivity contribution in [2.45, 2.75) is 25.2 Å². The Labute approximate surface area is 133 Å². The first-order chi connectivity index (χ1) is 10.8. The Kier molecular flexibility index (Phi) is 3.66. The van der Waals surface area contributed by atoms with E-state index in [1.54, 1.807) is 11.3 Å². The van der Waals surface area contributed by atoms with Crippen LogP contribution in [-0.2, 0) is 9.53 Å². The van der Waals surface area contributed by atoms with Crippen LogP contribution in [0.1, 0.15) is 30.9 Å². The summed E-state index contributed by atoms with van der Waals surface area (Å²) in [5.41, 5.74) is 2.06. The van der Waals surface area contributed by atoms with Crippen molar-refractivity contribution in [1.82, 2.24) is 10.1 Å². The molecule has 0 N–H and O–H groups in total. The molecule has 1 aliphatic heterocycles. The van der Waals surface area contributed by atoms with Crippen molar-refractivity contribution in [2.24, 2.45) is 11.8 Å². The van der Waals surface area contributed by atoms with Crippen LogP contribution in [0.3, 0.4) is 0 Å². The Morgan fingerprint density at radius 2 is 2.32 bits per heavy atom. The molecule has 0 aromatic carbocycles. The van der Waals surface area contributed by atoms with E-state index in [1.165, 1.54) is 11.8 Å². The number of aromatic nitrogens is 1. The number of rotatable bonds is 4. The molecule has 2 aromatic rings. The summed E-state index contributed by atoms with van der Waals surface area (Å²) < 4.78 is 11.4. The fourth-order valence-corrected chi connectivity index (χ4v) is 4.44. The second-order valence-corrected chi connectivity index (χ2v) is 7.30. The first kappa shape index (κ1) is 14.2. The highest BCUT2D eigenvalue weighted by Gasteiger charge is 2.44. The van der Waals surface area contributed by atoms with Gasteiger partial charge in [0.2, 0.25) is 0 Å². The lowest BCUT2D eigenvalue weighted by Crippen LogP contribution is -2.35. The Morgan fingerprint density at radius 3 is 3.09 bits per heavy atom. The monoisotopic (exact) mass is 320 g/mol. The van der Waals surface area contributed by atoms with Gasteiger partial charge in [0.1, 0.15) is 5.69 Å². The number of hydrogen-bond donors (Lipinski definition) is 0. The Balaban J connectivity index is 1.32. The van der Waals surface area contributed by atoms with Crippen LogP contribution in [0, 0.1) is 11.8 Å². The lowest BCUT2D eigenvalue weighted by atomic mass is 9.93. The molecule has 3 heterocycles. The fraction of sp³-hybridized carbons (Fsp3) is 0.625. The molecular formula is C16H20N2O3S. The van der Waals surface area contributed by atoms with Gasteiger partial charge in [-0.1, -0.05) is 5.16 Å². The molecule has 2 unspecified atom stereocenters. The van der Waals surface area contributed by atoms with E-state index in [9.17, 15) is 4.79 Å². The van der Waals surface area contributed by atoms with E-state index >= 15 is 0 Å².